The normalized spacial score (nSPS) is 19.9. The summed E-state index contributed by atoms with van der Waals surface area (Å²) in [5.41, 5.74) is 1.09. The fraction of sp³-hybridized carbons (Fsp3) is 0.500. The average molecular weight is 309 g/mol. The highest BCUT2D eigenvalue weighted by molar-refractivity contribution is 6.30. The van der Waals surface area contributed by atoms with Crippen molar-refractivity contribution in [3.05, 3.63) is 34.9 Å². The highest BCUT2D eigenvalue weighted by Gasteiger charge is 2.47. The molecule has 2 rings (SSSR count). The fourth-order valence-corrected chi connectivity index (χ4v) is 2.52. The van der Waals surface area contributed by atoms with Crippen LogP contribution in [0.25, 0.3) is 0 Å². The van der Waals surface area contributed by atoms with Crippen LogP contribution < -0.4 is 10.6 Å². The van der Waals surface area contributed by atoms with Crippen molar-refractivity contribution in [3.8, 4) is 0 Å². The number of amides is 2. The molecule has 2 unspecified atom stereocenters. The fourth-order valence-electron chi connectivity index (χ4n) is 2.31. The van der Waals surface area contributed by atoms with Crippen LogP contribution in [0, 0.1) is 11.8 Å². The Morgan fingerprint density at radius 3 is 2.48 bits per heavy atom. The number of nitrogens with one attached hydrogen (secondary N) is 2. The first-order valence-electron chi connectivity index (χ1n) is 7.41. The van der Waals surface area contributed by atoms with Gasteiger partial charge < -0.3 is 10.6 Å². The summed E-state index contributed by atoms with van der Waals surface area (Å²) in [6, 6.07) is 7.60. The monoisotopic (exact) mass is 308 g/mol. The van der Waals surface area contributed by atoms with Gasteiger partial charge in [0.05, 0.1) is 11.8 Å². The Labute approximate surface area is 130 Å². The van der Waals surface area contributed by atoms with E-state index in [4.69, 9.17) is 11.6 Å². The number of carbonyl (C=O) groups excluding carboxylic acids is 2. The molecule has 1 aromatic rings. The Morgan fingerprint density at radius 2 is 1.86 bits per heavy atom. The second-order valence-corrected chi connectivity index (χ2v) is 5.85. The molecule has 1 aromatic carbocycles. The molecular weight excluding hydrogens is 288 g/mol. The summed E-state index contributed by atoms with van der Waals surface area (Å²) in [4.78, 5) is 23.6. The van der Waals surface area contributed by atoms with Gasteiger partial charge in [0.1, 0.15) is 0 Å². The molecule has 21 heavy (non-hydrogen) atoms. The van der Waals surface area contributed by atoms with Gasteiger partial charge in [-0.1, -0.05) is 30.7 Å². The zero-order chi connectivity index (χ0) is 15.2. The number of hydrogen-bond acceptors (Lipinski definition) is 2. The first kappa shape index (κ1) is 15.8. The number of benzene rings is 1. The van der Waals surface area contributed by atoms with Crippen molar-refractivity contribution in [3.63, 3.8) is 0 Å². The molecule has 1 aliphatic carbocycles. The van der Waals surface area contributed by atoms with Crippen molar-refractivity contribution in [2.24, 2.45) is 11.8 Å². The number of hydrogen-bond donors (Lipinski definition) is 2. The van der Waals surface area contributed by atoms with Crippen LogP contribution in [0.2, 0.25) is 5.02 Å². The Morgan fingerprint density at radius 1 is 1.19 bits per heavy atom. The van der Waals surface area contributed by atoms with Crippen molar-refractivity contribution in [2.45, 2.75) is 26.2 Å². The second kappa shape index (κ2) is 7.46. The maximum Gasteiger partial charge on any atom is 0.223 e. The Bertz CT molecular complexity index is 519. The van der Waals surface area contributed by atoms with E-state index in [9.17, 15) is 9.59 Å². The molecule has 0 radical (unpaired) electrons. The first-order chi connectivity index (χ1) is 10.1. The summed E-state index contributed by atoms with van der Waals surface area (Å²) < 4.78 is 0. The molecule has 2 N–H and O–H groups in total. The molecular formula is C16H21ClN2O2. The van der Waals surface area contributed by atoms with E-state index in [1.807, 2.05) is 31.2 Å². The van der Waals surface area contributed by atoms with Crippen LogP contribution in [0.5, 0.6) is 0 Å². The van der Waals surface area contributed by atoms with Crippen LogP contribution >= 0.6 is 11.6 Å². The van der Waals surface area contributed by atoms with E-state index in [1.165, 1.54) is 0 Å². The molecule has 1 saturated carbocycles. The summed E-state index contributed by atoms with van der Waals surface area (Å²) in [6.45, 7) is 3.25. The Kier molecular flexibility index (Phi) is 5.62. The molecule has 4 nitrogen and oxygen atoms in total. The van der Waals surface area contributed by atoms with Crippen molar-refractivity contribution in [1.82, 2.24) is 10.6 Å². The summed E-state index contributed by atoms with van der Waals surface area (Å²) in [7, 11) is 0. The van der Waals surface area contributed by atoms with E-state index in [0.717, 1.165) is 18.4 Å². The molecule has 2 amide bonds. The first-order valence-corrected chi connectivity index (χ1v) is 7.79. The maximum atomic E-state index is 11.9. The molecule has 1 fully saturated rings. The molecule has 0 spiro atoms. The van der Waals surface area contributed by atoms with Gasteiger partial charge in [-0.3, -0.25) is 9.59 Å². The van der Waals surface area contributed by atoms with E-state index in [1.54, 1.807) is 0 Å². The summed E-state index contributed by atoms with van der Waals surface area (Å²) in [5.74, 6) is -0.301. The van der Waals surface area contributed by atoms with Gasteiger partial charge in [-0.25, -0.2) is 0 Å². The summed E-state index contributed by atoms with van der Waals surface area (Å²) in [5, 5.41) is 6.43. The predicted molar refractivity (Wildman–Crippen MR) is 83.1 cm³/mol. The maximum absolute atomic E-state index is 11.9. The Hall–Kier alpha value is -1.55. The summed E-state index contributed by atoms with van der Waals surface area (Å²) in [6.07, 6.45) is 2.32. The smallest absolute Gasteiger partial charge is 0.223 e. The Balaban J connectivity index is 1.68. The van der Waals surface area contributed by atoms with Gasteiger partial charge >= 0.3 is 0 Å². The highest BCUT2D eigenvalue weighted by Crippen LogP contribution is 2.38. The van der Waals surface area contributed by atoms with Gasteiger partial charge in [0.25, 0.3) is 0 Å². The van der Waals surface area contributed by atoms with E-state index in [-0.39, 0.29) is 23.7 Å². The minimum Gasteiger partial charge on any atom is -0.356 e. The lowest BCUT2D eigenvalue weighted by Gasteiger charge is -2.06. The van der Waals surface area contributed by atoms with E-state index >= 15 is 0 Å². The van der Waals surface area contributed by atoms with E-state index in [2.05, 4.69) is 10.6 Å². The average Bonchev–Trinajstić information content (AvgIpc) is 3.25. The summed E-state index contributed by atoms with van der Waals surface area (Å²) >= 11 is 5.91. The minimum atomic E-state index is -0.152. The van der Waals surface area contributed by atoms with Gasteiger partial charge in [-0.05, 0) is 37.0 Å². The molecule has 0 aliphatic heterocycles. The van der Waals surface area contributed by atoms with E-state index < -0.39 is 0 Å². The molecule has 0 saturated heterocycles. The lowest BCUT2D eigenvalue weighted by Crippen LogP contribution is -2.31. The standard InChI is InChI=1S/C16H21ClN2O2/c1-2-7-18-15(20)13-10-14(13)16(21)19-8-6-11-4-3-5-12(17)9-11/h3-5,9,13-14H,2,6-8,10H2,1H3,(H,18,20)(H,19,21). The van der Waals surface area contributed by atoms with E-state index in [0.29, 0.717) is 24.5 Å². The molecule has 0 heterocycles. The third-order valence-electron chi connectivity index (χ3n) is 3.62. The predicted octanol–water partition coefficient (Wildman–Crippen LogP) is 2.16. The molecule has 2 atom stereocenters. The van der Waals surface area contributed by atoms with Gasteiger partial charge in [0.15, 0.2) is 0 Å². The molecule has 0 aromatic heterocycles. The topological polar surface area (TPSA) is 58.2 Å². The van der Waals surface area contributed by atoms with Crippen LogP contribution in [0.1, 0.15) is 25.3 Å². The van der Waals surface area contributed by atoms with Crippen molar-refractivity contribution < 1.29 is 9.59 Å². The van der Waals surface area contributed by atoms with Crippen molar-refractivity contribution in [1.29, 1.82) is 0 Å². The third-order valence-corrected chi connectivity index (χ3v) is 3.85. The minimum absolute atomic E-state index is 0.00633. The number of carbonyl (C=O) groups is 2. The van der Waals surface area contributed by atoms with Gasteiger partial charge in [0, 0.05) is 18.1 Å². The SMILES string of the molecule is CCCNC(=O)C1CC1C(=O)NCCc1cccc(Cl)c1. The lowest BCUT2D eigenvalue weighted by molar-refractivity contribution is -0.127. The van der Waals surface area contributed by atoms with Crippen LogP contribution in [0.4, 0.5) is 0 Å². The molecule has 1 aliphatic rings. The quantitative estimate of drug-likeness (QED) is 0.811. The van der Waals surface area contributed by atoms with Crippen LogP contribution in [-0.2, 0) is 16.0 Å². The van der Waals surface area contributed by atoms with Gasteiger partial charge in [-0.15, -0.1) is 0 Å². The second-order valence-electron chi connectivity index (χ2n) is 5.41. The molecule has 114 valence electrons. The number of rotatable bonds is 7. The zero-order valence-corrected chi connectivity index (χ0v) is 13.0. The van der Waals surface area contributed by atoms with Crippen LogP contribution in [0.15, 0.2) is 24.3 Å². The largest absolute Gasteiger partial charge is 0.356 e. The zero-order valence-electron chi connectivity index (χ0n) is 12.2. The molecule has 5 heteroatoms. The van der Waals surface area contributed by atoms with Gasteiger partial charge in [0.2, 0.25) is 11.8 Å². The number of halogens is 1. The van der Waals surface area contributed by atoms with Crippen LogP contribution in [0.3, 0.4) is 0 Å². The highest BCUT2D eigenvalue weighted by atomic mass is 35.5. The van der Waals surface area contributed by atoms with Crippen molar-refractivity contribution in [2.75, 3.05) is 13.1 Å². The van der Waals surface area contributed by atoms with Gasteiger partial charge in [-0.2, -0.15) is 0 Å². The van der Waals surface area contributed by atoms with Crippen molar-refractivity contribution >= 4 is 23.4 Å². The van der Waals surface area contributed by atoms with Crippen LogP contribution in [-0.4, -0.2) is 24.9 Å². The lowest BCUT2D eigenvalue weighted by atomic mass is 10.1. The molecule has 0 bridgehead atoms. The third kappa shape index (κ3) is 4.74.